The molecule has 0 N–H and O–H groups in total. The van der Waals surface area contributed by atoms with Crippen molar-refractivity contribution >= 4 is 21.1 Å². The van der Waals surface area contributed by atoms with E-state index in [2.05, 4.69) is 29.1 Å². The Morgan fingerprint density at radius 2 is 1.78 bits per heavy atom. The van der Waals surface area contributed by atoms with Gasteiger partial charge in [0, 0.05) is 50.7 Å². The van der Waals surface area contributed by atoms with Crippen molar-refractivity contribution in [3.63, 3.8) is 0 Å². The lowest BCUT2D eigenvalue weighted by atomic mass is 9.84. The molecule has 2 aliphatic heterocycles. The van der Waals surface area contributed by atoms with Crippen LogP contribution in [-0.2, 0) is 14.9 Å². The van der Waals surface area contributed by atoms with Crippen LogP contribution in [0.1, 0.15) is 36.4 Å². The number of ether oxygens (including phenoxy) is 1. The SMILES string of the molecule is Cc1cc2c(cnn2-c2ccc(F)cc2)cc1C1CN(S(=O)(=O)N2CCOCC2)CCN1CC1CCC1. The van der Waals surface area contributed by atoms with Gasteiger partial charge in [0.1, 0.15) is 5.82 Å². The summed E-state index contributed by atoms with van der Waals surface area (Å²) in [6.07, 6.45) is 5.63. The molecular formula is C27H34FN5O3S. The summed E-state index contributed by atoms with van der Waals surface area (Å²) in [6, 6.07) is 10.6. The Hall–Kier alpha value is -2.37. The predicted octanol–water partition coefficient (Wildman–Crippen LogP) is 3.51. The first-order chi connectivity index (χ1) is 17.9. The summed E-state index contributed by atoms with van der Waals surface area (Å²) in [4.78, 5) is 2.49. The van der Waals surface area contributed by atoms with E-state index in [0.717, 1.165) is 40.8 Å². The van der Waals surface area contributed by atoms with Crippen molar-refractivity contribution in [2.75, 3.05) is 52.5 Å². The molecule has 1 atom stereocenters. The molecule has 8 nitrogen and oxygen atoms in total. The van der Waals surface area contributed by atoms with Gasteiger partial charge < -0.3 is 4.74 Å². The zero-order valence-electron chi connectivity index (χ0n) is 21.2. The molecule has 0 radical (unpaired) electrons. The molecule has 0 spiro atoms. The van der Waals surface area contributed by atoms with E-state index in [1.165, 1.54) is 31.4 Å². The van der Waals surface area contributed by atoms with Crippen LogP contribution in [0.15, 0.2) is 42.6 Å². The van der Waals surface area contributed by atoms with Crippen LogP contribution in [0.25, 0.3) is 16.6 Å². The van der Waals surface area contributed by atoms with E-state index in [1.54, 1.807) is 20.7 Å². The summed E-state index contributed by atoms with van der Waals surface area (Å²) in [6.45, 7) is 6.45. The van der Waals surface area contributed by atoms with E-state index in [1.807, 2.05) is 10.9 Å². The number of aromatic nitrogens is 2. The molecule has 1 aliphatic carbocycles. The van der Waals surface area contributed by atoms with Crippen LogP contribution in [0.3, 0.4) is 0 Å². The first-order valence-electron chi connectivity index (χ1n) is 13.2. The van der Waals surface area contributed by atoms with Gasteiger partial charge in [-0.05, 0) is 73.2 Å². The highest BCUT2D eigenvalue weighted by atomic mass is 32.2. The molecule has 1 aromatic heterocycles. The van der Waals surface area contributed by atoms with Crippen LogP contribution in [-0.4, -0.2) is 84.2 Å². The quantitative estimate of drug-likeness (QED) is 0.491. The molecule has 0 amide bonds. The van der Waals surface area contributed by atoms with Gasteiger partial charge in [0.2, 0.25) is 0 Å². The molecule has 1 saturated carbocycles. The average Bonchev–Trinajstić information content (AvgIpc) is 3.29. The predicted molar refractivity (Wildman–Crippen MR) is 140 cm³/mol. The Morgan fingerprint density at radius 1 is 1.03 bits per heavy atom. The van der Waals surface area contributed by atoms with Gasteiger partial charge in [-0.2, -0.15) is 22.1 Å². The molecular weight excluding hydrogens is 493 g/mol. The van der Waals surface area contributed by atoms with Crippen molar-refractivity contribution in [3.05, 3.63) is 59.5 Å². The lowest BCUT2D eigenvalue weighted by Crippen LogP contribution is -2.56. The molecule has 37 heavy (non-hydrogen) atoms. The van der Waals surface area contributed by atoms with Gasteiger partial charge in [-0.15, -0.1) is 0 Å². The number of piperazine rings is 1. The summed E-state index contributed by atoms with van der Waals surface area (Å²) < 4.78 is 51.0. The molecule has 6 rings (SSSR count). The Morgan fingerprint density at radius 3 is 2.49 bits per heavy atom. The minimum Gasteiger partial charge on any atom is -0.379 e. The van der Waals surface area contributed by atoms with Gasteiger partial charge in [0.25, 0.3) is 10.2 Å². The molecule has 3 fully saturated rings. The van der Waals surface area contributed by atoms with Gasteiger partial charge in [-0.25, -0.2) is 9.07 Å². The minimum absolute atomic E-state index is 0.0243. The van der Waals surface area contributed by atoms with Crippen LogP contribution in [0.5, 0.6) is 0 Å². The third-order valence-corrected chi connectivity index (χ3v) is 10.2. The molecule has 3 heterocycles. The Kier molecular flexibility index (Phi) is 6.79. The van der Waals surface area contributed by atoms with Crippen LogP contribution < -0.4 is 0 Å². The van der Waals surface area contributed by atoms with Gasteiger partial charge in [-0.1, -0.05) is 6.42 Å². The third kappa shape index (κ3) is 4.81. The standard InChI is InChI=1S/C27H34FN5O3S/c1-20-15-26-22(17-29-33(26)24-7-5-23(28)6-8-24)16-25(20)27-19-32(10-9-30(27)18-21-3-2-4-21)37(34,35)31-11-13-36-14-12-31/h5-8,15-17,21,27H,2-4,9-14,18-19H2,1H3. The number of fused-ring (bicyclic) bond motifs is 1. The Labute approximate surface area is 217 Å². The molecule has 3 aliphatic rings. The number of hydrogen-bond donors (Lipinski definition) is 0. The summed E-state index contributed by atoms with van der Waals surface area (Å²) in [7, 11) is -3.55. The molecule has 10 heteroatoms. The number of benzene rings is 2. The van der Waals surface area contributed by atoms with E-state index in [0.29, 0.717) is 45.3 Å². The second kappa shape index (κ2) is 10.1. The maximum absolute atomic E-state index is 13.5. The number of hydrogen-bond acceptors (Lipinski definition) is 5. The fourth-order valence-electron chi connectivity index (χ4n) is 5.81. The van der Waals surface area contributed by atoms with Crippen LogP contribution in [0, 0.1) is 18.7 Å². The topological polar surface area (TPSA) is 70.9 Å². The van der Waals surface area contributed by atoms with E-state index < -0.39 is 10.2 Å². The summed E-state index contributed by atoms with van der Waals surface area (Å²) in [5, 5.41) is 5.57. The Bertz CT molecular complexity index is 1370. The number of nitrogens with zero attached hydrogens (tertiary/aromatic N) is 5. The maximum Gasteiger partial charge on any atom is 0.282 e. The molecule has 3 aromatic rings. The number of halogens is 1. The number of rotatable bonds is 6. The van der Waals surface area contributed by atoms with Crippen molar-refractivity contribution < 1.29 is 17.5 Å². The van der Waals surface area contributed by atoms with E-state index in [9.17, 15) is 12.8 Å². The van der Waals surface area contributed by atoms with E-state index in [4.69, 9.17) is 4.74 Å². The zero-order chi connectivity index (χ0) is 25.6. The normalized spacial score (nSPS) is 22.9. The monoisotopic (exact) mass is 527 g/mol. The number of morpholine rings is 1. The smallest absolute Gasteiger partial charge is 0.282 e. The van der Waals surface area contributed by atoms with Crippen molar-refractivity contribution in [1.29, 1.82) is 0 Å². The second-order valence-corrected chi connectivity index (χ2v) is 12.4. The highest BCUT2D eigenvalue weighted by molar-refractivity contribution is 7.86. The summed E-state index contributed by atoms with van der Waals surface area (Å²) in [5.41, 5.74) is 4.00. The first kappa shape index (κ1) is 24.9. The first-order valence-corrected chi connectivity index (χ1v) is 14.6. The molecule has 2 saturated heterocycles. The van der Waals surface area contributed by atoms with E-state index in [-0.39, 0.29) is 11.9 Å². The molecule has 198 valence electrons. The van der Waals surface area contributed by atoms with Crippen LogP contribution in [0.4, 0.5) is 4.39 Å². The van der Waals surface area contributed by atoms with Crippen molar-refractivity contribution in [2.45, 2.75) is 32.2 Å². The highest BCUT2D eigenvalue weighted by Gasteiger charge is 2.39. The number of aryl methyl sites for hydroxylation is 1. The van der Waals surface area contributed by atoms with Gasteiger partial charge in [-0.3, -0.25) is 4.90 Å². The van der Waals surface area contributed by atoms with Gasteiger partial charge in [0.15, 0.2) is 0 Å². The minimum atomic E-state index is -3.55. The molecule has 1 unspecified atom stereocenters. The fraction of sp³-hybridized carbons (Fsp3) is 0.519. The highest BCUT2D eigenvalue weighted by Crippen LogP contribution is 2.36. The van der Waals surface area contributed by atoms with Gasteiger partial charge in [0.05, 0.1) is 30.6 Å². The lowest BCUT2D eigenvalue weighted by Gasteiger charge is -2.45. The Balaban J connectivity index is 1.34. The lowest BCUT2D eigenvalue weighted by molar-refractivity contribution is 0.0592. The third-order valence-electron chi connectivity index (χ3n) is 8.18. The summed E-state index contributed by atoms with van der Waals surface area (Å²) >= 11 is 0. The van der Waals surface area contributed by atoms with E-state index >= 15 is 0 Å². The van der Waals surface area contributed by atoms with Gasteiger partial charge >= 0.3 is 0 Å². The largest absolute Gasteiger partial charge is 0.379 e. The second-order valence-electron chi connectivity index (χ2n) is 10.5. The average molecular weight is 528 g/mol. The maximum atomic E-state index is 13.5. The van der Waals surface area contributed by atoms with Crippen molar-refractivity contribution in [3.8, 4) is 5.69 Å². The van der Waals surface area contributed by atoms with Crippen LogP contribution >= 0.6 is 0 Å². The van der Waals surface area contributed by atoms with Crippen molar-refractivity contribution in [1.82, 2.24) is 23.3 Å². The molecule has 2 aromatic carbocycles. The van der Waals surface area contributed by atoms with Crippen LogP contribution in [0.2, 0.25) is 0 Å². The zero-order valence-corrected chi connectivity index (χ0v) is 22.0. The fourth-order valence-corrected chi connectivity index (χ4v) is 7.39. The molecule has 0 bridgehead atoms. The summed E-state index contributed by atoms with van der Waals surface area (Å²) in [5.74, 6) is 0.411. The van der Waals surface area contributed by atoms with Crippen molar-refractivity contribution in [2.24, 2.45) is 5.92 Å².